The molecule has 0 saturated carbocycles. The number of amides is 2. The van der Waals surface area contributed by atoms with E-state index in [0.717, 1.165) is 5.56 Å². The van der Waals surface area contributed by atoms with Gasteiger partial charge < -0.3 is 15.0 Å². The first-order valence-corrected chi connectivity index (χ1v) is 8.49. The fourth-order valence-corrected chi connectivity index (χ4v) is 2.10. The number of nitrogens with zero attached hydrogens (tertiary/aromatic N) is 1. The zero-order valence-electron chi connectivity index (χ0n) is 15.5. The SMILES string of the molecule is CCOC(=O)CN(Cc1ccccc1)C(=O)CCNC(=O)C(C)(C)C. The maximum atomic E-state index is 12.5. The first-order chi connectivity index (χ1) is 11.7. The maximum Gasteiger partial charge on any atom is 0.325 e. The average molecular weight is 348 g/mol. The van der Waals surface area contributed by atoms with Crippen LogP contribution in [0.2, 0.25) is 0 Å². The van der Waals surface area contributed by atoms with E-state index in [1.54, 1.807) is 6.92 Å². The summed E-state index contributed by atoms with van der Waals surface area (Å²) in [5, 5.41) is 2.75. The lowest BCUT2D eigenvalue weighted by Crippen LogP contribution is -2.40. The number of carbonyl (C=O) groups excluding carboxylic acids is 3. The Bertz CT molecular complexity index is 579. The van der Waals surface area contributed by atoms with Crippen molar-refractivity contribution in [3.63, 3.8) is 0 Å². The Morgan fingerprint density at radius 3 is 2.32 bits per heavy atom. The number of ether oxygens (including phenoxy) is 1. The highest BCUT2D eigenvalue weighted by atomic mass is 16.5. The summed E-state index contributed by atoms with van der Waals surface area (Å²) in [6, 6.07) is 9.44. The molecule has 0 unspecified atom stereocenters. The van der Waals surface area contributed by atoms with Gasteiger partial charge in [-0.15, -0.1) is 0 Å². The van der Waals surface area contributed by atoms with Crippen molar-refractivity contribution in [3.05, 3.63) is 35.9 Å². The minimum Gasteiger partial charge on any atom is -0.465 e. The molecule has 1 aromatic carbocycles. The molecule has 0 aromatic heterocycles. The van der Waals surface area contributed by atoms with E-state index in [2.05, 4.69) is 5.32 Å². The van der Waals surface area contributed by atoms with Crippen LogP contribution in [0.1, 0.15) is 39.7 Å². The van der Waals surface area contributed by atoms with Gasteiger partial charge in [0.15, 0.2) is 0 Å². The van der Waals surface area contributed by atoms with E-state index in [0.29, 0.717) is 6.54 Å². The van der Waals surface area contributed by atoms with Crippen LogP contribution >= 0.6 is 0 Å². The third-order valence-electron chi connectivity index (χ3n) is 3.50. The predicted octanol–water partition coefficient (Wildman–Crippen LogP) is 2.13. The first-order valence-electron chi connectivity index (χ1n) is 8.49. The van der Waals surface area contributed by atoms with Crippen LogP contribution in [0.4, 0.5) is 0 Å². The van der Waals surface area contributed by atoms with E-state index in [9.17, 15) is 14.4 Å². The van der Waals surface area contributed by atoms with E-state index in [4.69, 9.17) is 4.74 Å². The Morgan fingerprint density at radius 2 is 1.76 bits per heavy atom. The van der Waals surface area contributed by atoms with E-state index < -0.39 is 11.4 Å². The summed E-state index contributed by atoms with van der Waals surface area (Å²) in [6.45, 7) is 7.90. The van der Waals surface area contributed by atoms with E-state index >= 15 is 0 Å². The van der Waals surface area contributed by atoms with Crippen molar-refractivity contribution in [2.75, 3.05) is 19.7 Å². The van der Waals surface area contributed by atoms with Gasteiger partial charge in [0, 0.05) is 24.9 Å². The summed E-state index contributed by atoms with van der Waals surface area (Å²) in [5.41, 5.74) is 0.427. The molecule has 0 fully saturated rings. The number of hydrogen-bond donors (Lipinski definition) is 1. The molecule has 0 aliphatic heterocycles. The number of benzene rings is 1. The average Bonchev–Trinajstić information content (AvgIpc) is 2.54. The van der Waals surface area contributed by atoms with Gasteiger partial charge in [0.2, 0.25) is 11.8 Å². The highest BCUT2D eigenvalue weighted by molar-refractivity contribution is 5.84. The minimum absolute atomic E-state index is 0.102. The van der Waals surface area contributed by atoms with Crippen molar-refractivity contribution in [3.8, 4) is 0 Å². The largest absolute Gasteiger partial charge is 0.465 e. The summed E-state index contributed by atoms with van der Waals surface area (Å²) in [5.74, 6) is -0.753. The van der Waals surface area contributed by atoms with Crippen LogP contribution in [0.25, 0.3) is 0 Å². The molecule has 0 saturated heterocycles. The Kier molecular flexibility index (Phi) is 8.11. The minimum atomic E-state index is -0.502. The molecule has 1 N–H and O–H groups in total. The van der Waals surface area contributed by atoms with Crippen LogP contribution in [0.5, 0.6) is 0 Å². The quantitative estimate of drug-likeness (QED) is 0.730. The number of esters is 1. The standard InChI is InChI=1S/C19H28N2O4/c1-5-25-17(23)14-21(13-15-9-7-6-8-10-15)16(22)11-12-20-18(24)19(2,3)4/h6-10H,5,11-14H2,1-4H3,(H,20,24). The van der Waals surface area contributed by atoms with E-state index in [-0.39, 0.29) is 37.9 Å². The lowest BCUT2D eigenvalue weighted by atomic mass is 9.96. The fourth-order valence-electron chi connectivity index (χ4n) is 2.10. The fraction of sp³-hybridized carbons (Fsp3) is 0.526. The Morgan fingerprint density at radius 1 is 1.12 bits per heavy atom. The number of rotatable bonds is 8. The summed E-state index contributed by atoms with van der Waals surface area (Å²) in [4.78, 5) is 37.6. The van der Waals surface area contributed by atoms with Crippen LogP contribution in [-0.4, -0.2) is 42.4 Å². The molecule has 6 heteroatoms. The molecule has 0 heterocycles. The summed E-state index contributed by atoms with van der Waals surface area (Å²) >= 11 is 0. The van der Waals surface area contributed by atoms with Crippen LogP contribution in [0, 0.1) is 5.41 Å². The van der Waals surface area contributed by atoms with Crippen LogP contribution in [0.3, 0.4) is 0 Å². The Balaban J connectivity index is 2.65. The Labute approximate surface area is 149 Å². The van der Waals surface area contributed by atoms with Crippen molar-refractivity contribution >= 4 is 17.8 Å². The molecule has 6 nitrogen and oxygen atoms in total. The van der Waals surface area contributed by atoms with Crippen molar-refractivity contribution in [1.29, 1.82) is 0 Å². The van der Waals surface area contributed by atoms with Crippen molar-refractivity contribution in [2.24, 2.45) is 5.41 Å². The van der Waals surface area contributed by atoms with Gasteiger partial charge in [0.25, 0.3) is 0 Å². The van der Waals surface area contributed by atoms with Gasteiger partial charge in [0.05, 0.1) is 6.61 Å². The molecule has 0 spiro atoms. The van der Waals surface area contributed by atoms with Crippen LogP contribution in [-0.2, 0) is 25.7 Å². The first kappa shape index (κ1) is 20.7. The Hall–Kier alpha value is -2.37. The molecular formula is C19H28N2O4. The molecule has 2 amide bonds. The van der Waals surface area contributed by atoms with Gasteiger partial charge in [-0.25, -0.2) is 0 Å². The summed E-state index contributed by atoms with van der Waals surface area (Å²) in [7, 11) is 0. The molecule has 1 aromatic rings. The maximum absolute atomic E-state index is 12.5. The van der Waals surface area contributed by atoms with Crippen molar-refractivity contribution in [1.82, 2.24) is 10.2 Å². The second kappa shape index (κ2) is 9.81. The molecule has 1 rings (SSSR count). The normalized spacial score (nSPS) is 10.9. The second-order valence-electron chi connectivity index (χ2n) is 6.80. The molecule has 0 bridgehead atoms. The van der Waals surface area contributed by atoms with Crippen molar-refractivity contribution < 1.29 is 19.1 Å². The summed E-state index contributed by atoms with van der Waals surface area (Å²) < 4.78 is 4.95. The van der Waals surface area contributed by atoms with Gasteiger partial charge in [-0.05, 0) is 12.5 Å². The molecule has 0 radical (unpaired) electrons. The molecule has 25 heavy (non-hydrogen) atoms. The highest BCUT2D eigenvalue weighted by Crippen LogP contribution is 2.12. The highest BCUT2D eigenvalue weighted by Gasteiger charge is 2.22. The van der Waals surface area contributed by atoms with Crippen molar-refractivity contribution in [2.45, 2.75) is 40.7 Å². The molecule has 138 valence electrons. The van der Waals surface area contributed by atoms with E-state index in [1.165, 1.54) is 4.90 Å². The van der Waals surface area contributed by atoms with Gasteiger partial charge >= 0.3 is 5.97 Å². The monoisotopic (exact) mass is 348 g/mol. The lowest BCUT2D eigenvalue weighted by Gasteiger charge is -2.23. The molecule has 0 atom stereocenters. The topological polar surface area (TPSA) is 75.7 Å². The molecular weight excluding hydrogens is 320 g/mol. The summed E-state index contributed by atoms with van der Waals surface area (Å²) in [6.07, 6.45) is 0.133. The second-order valence-corrected chi connectivity index (χ2v) is 6.80. The number of carbonyl (C=O) groups is 3. The van der Waals surface area contributed by atoms with Gasteiger partial charge in [-0.1, -0.05) is 51.1 Å². The molecule has 0 aliphatic rings. The molecule has 0 aliphatic carbocycles. The predicted molar refractivity (Wildman–Crippen MR) is 95.6 cm³/mol. The lowest BCUT2D eigenvalue weighted by molar-refractivity contribution is -0.149. The third-order valence-corrected chi connectivity index (χ3v) is 3.50. The smallest absolute Gasteiger partial charge is 0.325 e. The van der Waals surface area contributed by atoms with Crippen LogP contribution in [0.15, 0.2) is 30.3 Å². The van der Waals surface area contributed by atoms with Crippen LogP contribution < -0.4 is 5.32 Å². The number of hydrogen-bond acceptors (Lipinski definition) is 4. The number of nitrogens with one attached hydrogen (secondary N) is 1. The van der Waals surface area contributed by atoms with Gasteiger partial charge in [0.1, 0.15) is 6.54 Å². The third kappa shape index (κ3) is 7.83. The van der Waals surface area contributed by atoms with Gasteiger partial charge in [-0.3, -0.25) is 14.4 Å². The zero-order valence-corrected chi connectivity index (χ0v) is 15.5. The van der Waals surface area contributed by atoms with Gasteiger partial charge in [-0.2, -0.15) is 0 Å². The zero-order chi connectivity index (χ0) is 18.9. The van der Waals surface area contributed by atoms with E-state index in [1.807, 2.05) is 51.1 Å².